The highest BCUT2D eigenvalue weighted by Gasteiger charge is 2.29. The van der Waals surface area contributed by atoms with Crippen molar-refractivity contribution in [3.63, 3.8) is 0 Å². The summed E-state index contributed by atoms with van der Waals surface area (Å²) < 4.78 is 22.9. The van der Waals surface area contributed by atoms with Crippen LogP contribution in [0.15, 0.2) is 23.1 Å². The first-order chi connectivity index (χ1) is 9.60. The van der Waals surface area contributed by atoms with Gasteiger partial charge < -0.3 is 4.90 Å². The van der Waals surface area contributed by atoms with Crippen molar-refractivity contribution in [3.05, 3.63) is 29.3 Å². The maximum absolute atomic E-state index is 12.6. The van der Waals surface area contributed by atoms with Crippen molar-refractivity contribution in [3.8, 4) is 0 Å². The molecule has 1 aromatic carbocycles. The Morgan fingerprint density at radius 1 is 1.24 bits per heavy atom. The van der Waals surface area contributed by atoms with Crippen LogP contribution in [0.1, 0.15) is 42.6 Å². The summed E-state index contributed by atoms with van der Waals surface area (Å²) in [5.74, 6) is -0.117. The quantitative estimate of drug-likeness (QED) is 0.906. The molecule has 0 bridgehead atoms. The van der Waals surface area contributed by atoms with Gasteiger partial charge in [-0.1, -0.05) is 19.9 Å². The fraction of sp³-hybridized carbons (Fsp3) is 0.533. The van der Waals surface area contributed by atoms with Gasteiger partial charge in [0.05, 0.1) is 4.90 Å². The van der Waals surface area contributed by atoms with Crippen LogP contribution in [0.4, 0.5) is 0 Å². The first-order valence-corrected chi connectivity index (χ1v) is 8.57. The molecule has 0 radical (unpaired) electrons. The Labute approximate surface area is 126 Å². The van der Waals surface area contributed by atoms with Crippen LogP contribution >= 0.6 is 0 Å². The fourth-order valence-corrected chi connectivity index (χ4v) is 3.03. The molecule has 5 nitrogen and oxygen atoms in total. The van der Waals surface area contributed by atoms with Gasteiger partial charge in [-0.25, -0.2) is 13.6 Å². The third-order valence-corrected chi connectivity index (χ3v) is 5.08. The third-order valence-electron chi connectivity index (χ3n) is 4.17. The van der Waals surface area contributed by atoms with Crippen LogP contribution in [-0.4, -0.2) is 32.3 Å². The minimum absolute atomic E-state index is 0.0196. The Balaban J connectivity index is 2.28. The Morgan fingerprint density at radius 3 is 2.33 bits per heavy atom. The first kappa shape index (κ1) is 16.0. The van der Waals surface area contributed by atoms with Crippen LogP contribution in [-0.2, 0) is 10.0 Å². The largest absolute Gasteiger partial charge is 0.339 e. The first-order valence-electron chi connectivity index (χ1n) is 7.03. The molecule has 1 amide bonds. The van der Waals surface area contributed by atoms with Gasteiger partial charge in [-0.15, -0.1) is 0 Å². The zero-order valence-electron chi connectivity index (χ0n) is 12.7. The van der Waals surface area contributed by atoms with E-state index in [1.165, 1.54) is 12.1 Å². The SMILES string of the molecule is Cc1ccc(S(N)(=O)=O)cc1C(=O)N1CCC(C)(C)CC1. The van der Waals surface area contributed by atoms with Gasteiger partial charge in [0.2, 0.25) is 10.0 Å². The minimum Gasteiger partial charge on any atom is -0.339 e. The maximum Gasteiger partial charge on any atom is 0.254 e. The van der Waals surface area contributed by atoms with Crippen molar-refractivity contribution in [2.45, 2.75) is 38.5 Å². The third kappa shape index (κ3) is 3.63. The van der Waals surface area contributed by atoms with E-state index in [0.29, 0.717) is 18.7 Å². The Hall–Kier alpha value is -1.40. The Bertz CT molecular complexity index is 655. The molecule has 0 atom stereocenters. The predicted molar refractivity (Wildman–Crippen MR) is 81.5 cm³/mol. The summed E-state index contributed by atoms with van der Waals surface area (Å²) in [4.78, 5) is 14.4. The summed E-state index contributed by atoms with van der Waals surface area (Å²) in [7, 11) is -3.80. The van der Waals surface area contributed by atoms with Gasteiger partial charge in [-0.05, 0) is 42.9 Å². The lowest BCUT2D eigenvalue weighted by molar-refractivity contribution is 0.0629. The zero-order valence-corrected chi connectivity index (χ0v) is 13.5. The maximum atomic E-state index is 12.6. The van der Waals surface area contributed by atoms with Crippen molar-refractivity contribution in [1.29, 1.82) is 0 Å². The van der Waals surface area contributed by atoms with Gasteiger partial charge in [0.25, 0.3) is 5.91 Å². The van der Waals surface area contributed by atoms with E-state index in [1.807, 2.05) is 0 Å². The molecular weight excluding hydrogens is 288 g/mol. The molecule has 2 N–H and O–H groups in total. The molecule has 0 aliphatic carbocycles. The molecule has 1 fully saturated rings. The number of sulfonamides is 1. The van der Waals surface area contributed by atoms with Gasteiger partial charge in [0.1, 0.15) is 0 Å². The standard InChI is InChI=1S/C15H22N2O3S/c1-11-4-5-12(21(16,19)20)10-13(11)14(18)17-8-6-15(2,3)7-9-17/h4-5,10H,6-9H2,1-3H3,(H2,16,19,20). The fourth-order valence-electron chi connectivity index (χ4n) is 2.49. The number of likely N-dealkylation sites (tertiary alicyclic amines) is 1. The Morgan fingerprint density at radius 2 is 1.81 bits per heavy atom. The average Bonchev–Trinajstić information content (AvgIpc) is 2.37. The van der Waals surface area contributed by atoms with E-state index in [4.69, 9.17) is 5.14 Å². The van der Waals surface area contributed by atoms with E-state index in [2.05, 4.69) is 13.8 Å². The van der Waals surface area contributed by atoms with Gasteiger partial charge in [0.15, 0.2) is 0 Å². The number of piperidine rings is 1. The lowest BCUT2D eigenvalue weighted by Crippen LogP contribution is -2.41. The number of rotatable bonds is 2. The number of amides is 1. The van der Waals surface area contributed by atoms with Gasteiger partial charge in [-0.2, -0.15) is 0 Å². The normalized spacial score (nSPS) is 18.6. The summed E-state index contributed by atoms with van der Waals surface area (Å²) in [5.41, 5.74) is 1.44. The molecule has 2 rings (SSSR count). The second kappa shape index (κ2) is 5.42. The van der Waals surface area contributed by atoms with E-state index < -0.39 is 10.0 Å². The summed E-state index contributed by atoms with van der Waals surface area (Å²) in [5, 5.41) is 5.14. The molecule has 116 valence electrons. The topological polar surface area (TPSA) is 80.5 Å². The van der Waals surface area contributed by atoms with E-state index in [9.17, 15) is 13.2 Å². The summed E-state index contributed by atoms with van der Waals surface area (Å²) in [6, 6.07) is 4.44. The second-order valence-electron chi connectivity index (χ2n) is 6.48. The molecule has 0 spiro atoms. The van der Waals surface area contributed by atoms with Gasteiger partial charge in [0, 0.05) is 18.7 Å². The monoisotopic (exact) mass is 310 g/mol. The van der Waals surface area contributed by atoms with Crippen molar-refractivity contribution in [2.75, 3.05) is 13.1 Å². The molecule has 1 saturated heterocycles. The highest BCUT2D eigenvalue weighted by atomic mass is 32.2. The van der Waals surface area contributed by atoms with Crippen molar-refractivity contribution in [1.82, 2.24) is 4.90 Å². The molecule has 0 unspecified atom stereocenters. The molecule has 21 heavy (non-hydrogen) atoms. The van der Waals surface area contributed by atoms with Gasteiger partial charge in [-0.3, -0.25) is 4.79 Å². The van der Waals surface area contributed by atoms with Crippen molar-refractivity contribution < 1.29 is 13.2 Å². The highest BCUT2D eigenvalue weighted by molar-refractivity contribution is 7.89. The molecule has 0 saturated carbocycles. The molecule has 0 aromatic heterocycles. The molecule has 6 heteroatoms. The van der Waals surface area contributed by atoms with Crippen molar-refractivity contribution >= 4 is 15.9 Å². The number of carbonyl (C=O) groups is 1. The summed E-state index contributed by atoms with van der Waals surface area (Å²) >= 11 is 0. The van der Waals surface area contributed by atoms with Crippen LogP contribution in [0, 0.1) is 12.3 Å². The number of aryl methyl sites for hydroxylation is 1. The number of hydrogen-bond acceptors (Lipinski definition) is 3. The average molecular weight is 310 g/mol. The molecule has 1 heterocycles. The van der Waals surface area contributed by atoms with E-state index >= 15 is 0 Å². The lowest BCUT2D eigenvalue weighted by atomic mass is 9.82. The van der Waals surface area contributed by atoms with Crippen LogP contribution in [0.25, 0.3) is 0 Å². The molecule has 1 aliphatic heterocycles. The molecule has 1 aliphatic rings. The minimum atomic E-state index is -3.80. The molecule has 1 aromatic rings. The highest BCUT2D eigenvalue weighted by Crippen LogP contribution is 2.30. The second-order valence-corrected chi connectivity index (χ2v) is 8.04. The van der Waals surface area contributed by atoms with E-state index in [1.54, 1.807) is 17.9 Å². The van der Waals surface area contributed by atoms with Crippen LogP contribution in [0.3, 0.4) is 0 Å². The lowest BCUT2D eigenvalue weighted by Gasteiger charge is -2.37. The number of primary sulfonamides is 1. The number of carbonyl (C=O) groups excluding carboxylic acids is 1. The Kier molecular flexibility index (Phi) is 4.13. The van der Waals surface area contributed by atoms with Crippen molar-refractivity contribution in [2.24, 2.45) is 10.6 Å². The van der Waals surface area contributed by atoms with Crippen LogP contribution in [0.5, 0.6) is 0 Å². The summed E-state index contributed by atoms with van der Waals surface area (Å²) in [6.45, 7) is 7.59. The number of nitrogens with zero attached hydrogens (tertiary/aromatic N) is 1. The smallest absolute Gasteiger partial charge is 0.254 e. The van der Waals surface area contributed by atoms with E-state index in [0.717, 1.165) is 18.4 Å². The molecular formula is C15H22N2O3S. The number of benzene rings is 1. The van der Waals surface area contributed by atoms with Crippen LogP contribution < -0.4 is 5.14 Å². The number of hydrogen-bond donors (Lipinski definition) is 1. The number of nitrogens with two attached hydrogens (primary N) is 1. The zero-order chi connectivity index (χ0) is 15.8. The summed E-state index contributed by atoms with van der Waals surface area (Å²) in [6.07, 6.45) is 1.90. The van der Waals surface area contributed by atoms with Crippen LogP contribution in [0.2, 0.25) is 0 Å². The van der Waals surface area contributed by atoms with Gasteiger partial charge >= 0.3 is 0 Å². The predicted octanol–water partition coefficient (Wildman–Crippen LogP) is 1.90. The van der Waals surface area contributed by atoms with E-state index in [-0.39, 0.29) is 16.2 Å².